The van der Waals surface area contributed by atoms with E-state index in [9.17, 15) is 9.59 Å². The van der Waals surface area contributed by atoms with Crippen molar-refractivity contribution in [2.24, 2.45) is 5.10 Å². The summed E-state index contributed by atoms with van der Waals surface area (Å²) in [6, 6.07) is 21.5. The maximum atomic E-state index is 13.3. The van der Waals surface area contributed by atoms with Gasteiger partial charge in [-0.2, -0.15) is 5.10 Å². The van der Waals surface area contributed by atoms with E-state index in [1.165, 1.54) is 22.2 Å². The number of aromatic nitrogens is 2. The average molecular weight is 497 g/mol. The van der Waals surface area contributed by atoms with E-state index in [0.29, 0.717) is 22.6 Å². The Morgan fingerprint density at radius 2 is 1.89 bits per heavy atom. The molecule has 0 aliphatic heterocycles. The Bertz CT molecular complexity index is 1650. The summed E-state index contributed by atoms with van der Waals surface area (Å²) < 4.78 is 7.06. The number of hydrogen-bond donors (Lipinski definition) is 1. The molecule has 36 heavy (non-hydrogen) atoms. The zero-order valence-corrected chi connectivity index (χ0v) is 20.7. The number of ether oxygens (including phenoxy) is 1. The highest BCUT2D eigenvalue weighted by Crippen LogP contribution is 2.35. The minimum Gasteiger partial charge on any atom is -0.493 e. The van der Waals surface area contributed by atoms with Crippen molar-refractivity contribution in [3.63, 3.8) is 0 Å². The molecule has 5 rings (SSSR count). The maximum absolute atomic E-state index is 13.3. The average Bonchev–Trinajstić information content (AvgIpc) is 3.24. The first kappa shape index (κ1) is 23.4. The Morgan fingerprint density at radius 3 is 2.69 bits per heavy atom. The van der Waals surface area contributed by atoms with Crippen LogP contribution in [0, 0.1) is 6.92 Å². The first-order valence-corrected chi connectivity index (χ1v) is 12.4. The molecule has 0 bridgehead atoms. The number of carbonyl (C=O) groups excluding carboxylic acids is 1. The van der Waals surface area contributed by atoms with Crippen LogP contribution >= 0.6 is 11.3 Å². The van der Waals surface area contributed by atoms with Gasteiger partial charge in [0, 0.05) is 16.0 Å². The van der Waals surface area contributed by atoms with Gasteiger partial charge in [0.05, 0.1) is 24.5 Å². The maximum Gasteiger partial charge on any atom is 0.263 e. The highest BCUT2D eigenvalue weighted by atomic mass is 32.1. The first-order valence-electron chi connectivity index (χ1n) is 11.6. The number of thiophene rings is 1. The van der Waals surface area contributed by atoms with Gasteiger partial charge >= 0.3 is 0 Å². The fourth-order valence-corrected chi connectivity index (χ4v) is 5.25. The van der Waals surface area contributed by atoms with Gasteiger partial charge in [-0.05, 0) is 36.2 Å². The summed E-state index contributed by atoms with van der Waals surface area (Å²) in [6.45, 7) is 4.20. The fraction of sp³-hybridized carbons (Fsp3) is 0.143. The lowest BCUT2D eigenvalue weighted by molar-refractivity contribution is -0.121. The van der Waals surface area contributed by atoms with Gasteiger partial charge in [0.2, 0.25) is 0 Å². The molecular weight excluding hydrogens is 472 g/mol. The van der Waals surface area contributed by atoms with E-state index >= 15 is 0 Å². The predicted octanol–water partition coefficient (Wildman–Crippen LogP) is 5.14. The van der Waals surface area contributed by atoms with E-state index in [1.807, 2.05) is 80.6 Å². The molecule has 0 atom stereocenters. The lowest BCUT2D eigenvalue weighted by atomic mass is 10.0. The van der Waals surface area contributed by atoms with Crippen LogP contribution in [0.15, 0.2) is 83.0 Å². The molecule has 0 saturated carbocycles. The molecule has 0 fully saturated rings. The summed E-state index contributed by atoms with van der Waals surface area (Å²) in [7, 11) is 0. The molecule has 1 N–H and O–H groups in total. The number of fused-ring (bicyclic) bond motifs is 2. The molecule has 7 nitrogen and oxygen atoms in total. The monoisotopic (exact) mass is 496 g/mol. The molecule has 0 unspecified atom stereocenters. The number of hydrazone groups is 1. The van der Waals surface area contributed by atoms with Gasteiger partial charge in [0.25, 0.3) is 11.5 Å². The molecule has 0 aliphatic rings. The van der Waals surface area contributed by atoms with Crippen molar-refractivity contribution < 1.29 is 9.53 Å². The van der Waals surface area contributed by atoms with Crippen LogP contribution in [0.25, 0.3) is 32.1 Å². The van der Waals surface area contributed by atoms with E-state index in [0.717, 1.165) is 32.3 Å². The molecule has 2 aromatic heterocycles. The standard InChI is InChI=1S/C28H24N4O3S/c1-3-35-23-14-13-19-9-7-8-12-21(19)22(23)15-30-31-24(33)16-32-17-29-27-26(28(32)34)25(18(2)36-27)20-10-5-4-6-11-20/h4-15,17H,3,16H2,1-2H3,(H,31,33). The molecule has 180 valence electrons. The van der Waals surface area contributed by atoms with Gasteiger partial charge in [-0.1, -0.05) is 60.7 Å². The van der Waals surface area contributed by atoms with Gasteiger partial charge in [-0.3, -0.25) is 14.2 Å². The third kappa shape index (κ3) is 4.50. The van der Waals surface area contributed by atoms with Crippen LogP contribution in [0.3, 0.4) is 0 Å². The molecule has 1 amide bonds. The van der Waals surface area contributed by atoms with E-state index in [4.69, 9.17) is 4.74 Å². The van der Waals surface area contributed by atoms with Crippen LogP contribution < -0.4 is 15.7 Å². The molecule has 5 aromatic rings. The number of aryl methyl sites for hydroxylation is 1. The summed E-state index contributed by atoms with van der Waals surface area (Å²) in [5.74, 6) is 0.252. The summed E-state index contributed by atoms with van der Waals surface area (Å²) in [6.07, 6.45) is 2.99. The zero-order chi connectivity index (χ0) is 25.1. The minimum absolute atomic E-state index is 0.198. The Kier molecular flexibility index (Phi) is 6.60. The van der Waals surface area contributed by atoms with E-state index < -0.39 is 5.91 Å². The second kappa shape index (κ2) is 10.1. The molecule has 8 heteroatoms. The molecule has 0 aliphatic carbocycles. The van der Waals surface area contributed by atoms with Gasteiger partial charge < -0.3 is 4.74 Å². The third-order valence-electron chi connectivity index (χ3n) is 5.84. The van der Waals surface area contributed by atoms with E-state index in [-0.39, 0.29) is 12.1 Å². The number of nitrogens with one attached hydrogen (secondary N) is 1. The van der Waals surface area contributed by atoms with Crippen LogP contribution in [-0.4, -0.2) is 28.3 Å². The quantitative estimate of drug-likeness (QED) is 0.250. The molecule has 3 aromatic carbocycles. The zero-order valence-electron chi connectivity index (χ0n) is 19.9. The predicted molar refractivity (Wildman–Crippen MR) is 145 cm³/mol. The number of rotatable bonds is 7. The molecule has 0 spiro atoms. The number of hydrogen-bond acceptors (Lipinski definition) is 6. The lowest BCUT2D eigenvalue weighted by Crippen LogP contribution is -2.30. The van der Waals surface area contributed by atoms with Crippen molar-refractivity contribution >= 4 is 44.4 Å². The SMILES string of the molecule is CCOc1ccc2ccccc2c1C=NNC(=O)Cn1cnc2sc(C)c(-c3ccccc3)c2c1=O. The van der Waals surface area contributed by atoms with Crippen LogP contribution in [0.2, 0.25) is 0 Å². The molecular formula is C28H24N4O3S. The Labute approximate surface area is 211 Å². The Morgan fingerprint density at radius 1 is 1.11 bits per heavy atom. The highest BCUT2D eigenvalue weighted by Gasteiger charge is 2.17. The van der Waals surface area contributed by atoms with E-state index in [1.54, 1.807) is 6.21 Å². The summed E-state index contributed by atoms with van der Waals surface area (Å²) >= 11 is 1.47. The lowest BCUT2D eigenvalue weighted by Gasteiger charge is -2.10. The summed E-state index contributed by atoms with van der Waals surface area (Å²) in [5.41, 5.74) is 4.86. The van der Waals surface area contributed by atoms with Gasteiger partial charge in [0.15, 0.2) is 0 Å². The van der Waals surface area contributed by atoms with Crippen molar-refractivity contribution in [1.82, 2.24) is 15.0 Å². The van der Waals surface area contributed by atoms with Crippen LogP contribution in [0.1, 0.15) is 17.4 Å². The fourth-order valence-electron chi connectivity index (χ4n) is 4.25. The summed E-state index contributed by atoms with van der Waals surface area (Å²) in [4.78, 5) is 32.1. The highest BCUT2D eigenvalue weighted by molar-refractivity contribution is 7.19. The Balaban J connectivity index is 1.40. The largest absolute Gasteiger partial charge is 0.493 e. The van der Waals surface area contributed by atoms with Gasteiger partial charge in [-0.15, -0.1) is 11.3 Å². The topological polar surface area (TPSA) is 85.6 Å². The minimum atomic E-state index is -0.430. The number of nitrogens with zero attached hydrogens (tertiary/aromatic N) is 3. The number of carbonyl (C=O) groups is 1. The van der Waals surface area contributed by atoms with Crippen molar-refractivity contribution in [2.45, 2.75) is 20.4 Å². The van der Waals surface area contributed by atoms with Crippen molar-refractivity contribution in [1.29, 1.82) is 0 Å². The molecule has 2 heterocycles. The number of benzene rings is 3. The molecule has 0 radical (unpaired) electrons. The van der Waals surface area contributed by atoms with Crippen molar-refractivity contribution in [3.05, 3.63) is 93.9 Å². The Hall–Kier alpha value is -4.30. The van der Waals surface area contributed by atoms with E-state index in [2.05, 4.69) is 15.5 Å². The second-order valence-corrected chi connectivity index (χ2v) is 9.38. The van der Waals surface area contributed by atoms with Crippen molar-refractivity contribution in [3.8, 4) is 16.9 Å². The molecule has 0 saturated heterocycles. The van der Waals surface area contributed by atoms with Gasteiger partial charge in [0.1, 0.15) is 17.1 Å². The van der Waals surface area contributed by atoms with Crippen LogP contribution in [-0.2, 0) is 11.3 Å². The van der Waals surface area contributed by atoms with Crippen molar-refractivity contribution in [2.75, 3.05) is 6.61 Å². The normalized spacial score (nSPS) is 11.4. The van der Waals surface area contributed by atoms with Crippen LogP contribution in [0.5, 0.6) is 5.75 Å². The summed E-state index contributed by atoms with van der Waals surface area (Å²) in [5, 5.41) is 6.69. The number of amides is 1. The third-order valence-corrected chi connectivity index (χ3v) is 6.86. The van der Waals surface area contributed by atoms with Gasteiger partial charge in [-0.25, -0.2) is 10.4 Å². The second-order valence-electron chi connectivity index (χ2n) is 8.18. The first-order chi connectivity index (χ1) is 17.6. The van der Waals surface area contributed by atoms with Crippen LogP contribution in [0.4, 0.5) is 0 Å². The smallest absolute Gasteiger partial charge is 0.263 e.